The summed E-state index contributed by atoms with van der Waals surface area (Å²) in [6.45, 7) is 1.71. The highest BCUT2D eigenvalue weighted by Crippen LogP contribution is 2.62. The molecule has 0 N–H and O–H groups in total. The summed E-state index contributed by atoms with van der Waals surface area (Å²) in [4.78, 5) is 15.8. The zero-order valence-corrected chi connectivity index (χ0v) is 21.5. The number of sulfonamides is 1. The minimum absolute atomic E-state index is 0.0164. The highest BCUT2D eigenvalue weighted by Gasteiger charge is 2.53. The summed E-state index contributed by atoms with van der Waals surface area (Å²) in [5.74, 6) is -0.140. The monoisotopic (exact) mass is 544 g/mol. The third kappa shape index (κ3) is 3.74. The second-order valence-electron chi connectivity index (χ2n) is 10.4. The van der Waals surface area contributed by atoms with E-state index in [9.17, 15) is 13.2 Å². The first kappa shape index (κ1) is 22.7. The maximum atomic E-state index is 13.8. The van der Waals surface area contributed by atoms with Crippen LogP contribution in [0.3, 0.4) is 0 Å². The van der Waals surface area contributed by atoms with Crippen LogP contribution in [-0.2, 0) is 20.2 Å². The maximum absolute atomic E-state index is 13.8. The molecule has 180 valence electrons. The Labute approximate surface area is 209 Å². The largest absolute Gasteiger partial charge is 0.365 e. The molecule has 2 aliphatic heterocycles. The van der Waals surface area contributed by atoms with Gasteiger partial charge in [-0.2, -0.15) is 4.31 Å². The van der Waals surface area contributed by atoms with Crippen LogP contribution in [0.5, 0.6) is 0 Å². The second kappa shape index (κ2) is 8.15. The van der Waals surface area contributed by atoms with Crippen LogP contribution in [0.1, 0.15) is 60.9 Å². The Bertz CT molecular complexity index is 1240. The number of hydrogen-bond donors (Lipinski definition) is 0. The Hall–Kier alpha value is -1.74. The molecule has 1 saturated heterocycles. The number of carbonyl (C=O) groups excluding carboxylic acids is 1. The molecule has 2 aromatic carbocycles. The number of anilines is 1. The van der Waals surface area contributed by atoms with Crippen molar-refractivity contribution in [2.45, 2.75) is 55.3 Å². The number of amides is 1. The van der Waals surface area contributed by atoms with Crippen LogP contribution in [0.2, 0.25) is 0 Å². The number of halogens is 1. The maximum Gasteiger partial charge on any atom is 0.258 e. The van der Waals surface area contributed by atoms with Crippen molar-refractivity contribution in [3.63, 3.8) is 0 Å². The van der Waals surface area contributed by atoms with Crippen LogP contribution in [0.15, 0.2) is 51.8 Å². The topological polar surface area (TPSA) is 66.9 Å². The van der Waals surface area contributed by atoms with Gasteiger partial charge in [-0.05, 0) is 92.3 Å². The van der Waals surface area contributed by atoms with Gasteiger partial charge in [0.2, 0.25) is 10.0 Å². The molecule has 2 aliphatic carbocycles. The third-order valence-corrected chi connectivity index (χ3v) is 10.7. The summed E-state index contributed by atoms with van der Waals surface area (Å²) in [7, 11) is -3.71. The van der Waals surface area contributed by atoms with E-state index in [1.165, 1.54) is 41.6 Å². The average molecular weight is 545 g/mol. The molecule has 4 aliphatic rings. The van der Waals surface area contributed by atoms with Crippen LogP contribution < -0.4 is 4.90 Å². The van der Waals surface area contributed by atoms with Crippen molar-refractivity contribution in [1.29, 1.82) is 0 Å². The van der Waals surface area contributed by atoms with Crippen molar-refractivity contribution in [1.82, 2.24) is 4.31 Å². The lowest BCUT2D eigenvalue weighted by Gasteiger charge is -2.38. The standard InChI is InChI=1S/C26H29BrN2O4S/c27-20-5-6-23-22(16-20)26(11-9-25(7-8-25)10-12-26)17-29(23)24(30)19-3-1-4-21(15-19)34(31,32)28-13-2-14-33-18-28/h1,3-6,15-16H,2,7-14,17-18H2. The van der Waals surface area contributed by atoms with E-state index in [1.54, 1.807) is 18.2 Å². The van der Waals surface area contributed by atoms with Gasteiger partial charge in [0.05, 0.1) is 4.90 Å². The first-order valence-corrected chi connectivity index (χ1v) is 14.4. The van der Waals surface area contributed by atoms with E-state index >= 15 is 0 Å². The van der Waals surface area contributed by atoms with E-state index < -0.39 is 10.0 Å². The highest BCUT2D eigenvalue weighted by atomic mass is 79.9. The van der Waals surface area contributed by atoms with Crippen LogP contribution in [0, 0.1) is 5.41 Å². The number of ether oxygens (including phenoxy) is 1. The molecule has 0 unspecified atom stereocenters. The molecule has 2 aromatic rings. The van der Waals surface area contributed by atoms with E-state index in [1.807, 2.05) is 17.0 Å². The molecule has 3 fully saturated rings. The van der Waals surface area contributed by atoms with Crippen molar-refractivity contribution in [3.05, 3.63) is 58.1 Å². The number of hydrogen-bond acceptors (Lipinski definition) is 4. The van der Waals surface area contributed by atoms with E-state index in [-0.39, 0.29) is 22.9 Å². The molecule has 34 heavy (non-hydrogen) atoms. The fourth-order valence-corrected chi connectivity index (χ4v) is 7.81. The van der Waals surface area contributed by atoms with Gasteiger partial charge in [-0.1, -0.05) is 22.0 Å². The van der Waals surface area contributed by atoms with Crippen LogP contribution in [0.4, 0.5) is 5.69 Å². The van der Waals surface area contributed by atoms with Gasteiger partial charge >= 0.3 is 0 Å². The molecule has 1 amide bonds. The van der Waals surface area contributed by atoms with Gasteiger partial charge in [0, 0.05) is 40.8 Å². The van der Waals surface area contributed by atoms with E-state index in [4.69, 9.17) is 4.74 Å². The molecule has 2 saturated carbocycles. The van der Waals surface area contributed by atoms with E-state index in [0.29, 0.717) is 37.1 Å². The lowest BCUT2D eigenvalue weighted by molar-refractivity contribution is 0.0313. The Morgan fingerprint density at radius 1 is 1.00 bits per heavy atom. The van der Waals surface area contributed by atoms with Gasteiger partial charge in [0.1, 0.15) is 6.73 Å². The third-order valence-electron chi connectivity index (χ3n) is 8.40. The second-order valence-corrected chi connectivity index (χ2v) is 13.3. The summed E-state index contributed by atoms with van der Waals surface area (Å²) >= 11 is 3.64. The molecule has 2 heterocycles. The number of benzene rings is 2. The average Bonchev–Trinajstić information content (AvgIpc) is 3.56. The minimum Gasteiger partial charge on any atom is -0.365 e. The minimum atomic E-state index is -3.71. The normalized spacial score (nSPS) is 23.3. The van der Waals surface area contributed by atoms with Crippen molar-refractivity contribution in [2.75, 3.05) is 31.3 Å². The van der Waals surface area contributed by atoms with Crippen molar-refractivity contribution in [2.24, 2.45) is 5.41 Å². The molecular weight excluding hydrogens is 516 g/mol. The fraction of sp³-hybridized carbons (Fsp3) is 0.500. The molecule has 0 atom stereocenters. The van der Waals surface area contributed by atoms with Crippen LogP contribution in [0.25, 0.3) is 0 Å². The summed E-state index contributed by atoms with van der Waals surface area (Å²) in [6, 6.07) is 12.7. The smallest absolute Gasteiger partial charge is 0.258 e. The molecule has 6 nitrogen and oxygen atoms in total. The fourth-order valence-electron chi connectivity index (χ4n) is 6.04. The molecule has 0 radical (unpaired) electrons. The first-order valence-electron chi connectivity index (χ1n) is 12.1. The molecule has 2 spiro atoms. The summed E-state index contributed by atoms with van der Waals surface area (Å²) in [5, 5.41) is 0. The van der Waals surface area contributed by atoms with Gasteiger partial charge < -0.3 is 9.64 Å². The van der Waals surface area contributed by atoms with Gasteiger partial charge in [-0.25, -0.2) is 8.42 Å². The summed E-state index contributed by atoms with van der Waals surface area (Å²) in [6.07, 6.45) is 8.02. The van der Waals surface area contributed by atoms with Gasteiger partial charge in [-0.15, -0.1) is 0 Å². The molecule has 6 rings (SSSR count). The number of nitrogens with zero attached hydrogens (tertiary/aromatic N) is 2. The van der Waals surface area contributed by atoms with Gasteiger partial charge in [0.15, 0.2) is 0 Å². The van der Waals surface area contributed by atoms with Crippen molar-refractivity contribution in [3.8, 4) is 0 Å². The Morgan fingerprint density at radius 2 is 1.76 bits per heavy atom. The Kier molecular flexibility index (Phi) is 5.44. The Morgan fingerprint density at radius 3 is 2.47 bits per heavy atom. The predicted molar refractivity (Wildman–Crippen MR) is 133 cm³/mol. The quantitative estimate of drug-likeness (QED) is 0.541. The molecule has 0 bridgehead atoms. The predicted octanol–water partition coefficient (Wildman–Crippen LogP) is 5.07. The first-order chi connectivity index (χ1) is 16.3. The lowest BCUT2D eigenvalue weighted by atomic mass is 9.66. The van der Waals surface area contributed by atoms with Crippen molar-refractivity contribution >= 4 is 37.5 Å². The number of carbonyl (C=O) groups is 1. The van der Waals surface area contributed by atoms with E-state index in [2.05, 4.69) is 22.0 Å². The summed E-state index contributed by atoms with van der Waals surface area (Å²) in [5.41, 5.74) is 3.16. The number of rotatable bonds is 3. The zero-order chi connectivity index (χ0) is 23.6. The van der Waals surface area contributed by atoms with Gasteiger partial charge in [0.25, 0.3) is 5.91 Å². The number of fused-ring (bicyclic) bond motifs is 2. The van der Waals surface area contributed by atoms with Gasteiger partial charge in [-0.3, -0.25) is 4.79 Å². The van der Waals surface area contributed by atoms with Crippen LogP contribution >= 0.6 is 15.9 Å². The molecular formula is C26H29BrN2O4S. The van der Waals surface area contributed by atoms with E-state index in [0.717, 1.165) is 23.0 Å². The Balaban J connectivity index is 1.32. The lowest BCUT2D eigenvalue weighted by Crippen LogP contribution is -2.40. The molecule has 8 heteroatoms. The van der Waals surface area contributed by atoms with Crippen LogP contribution in [-0.4, -0.2) is 45.1 Å². The summed E-state index contributed by atoms with van der Waals surface area (Å²) < 4.78 is 34.0. The highest BCUT2D eigenvalue weighted by molar-refractivity contribution is 9.10. The molecule has 0 aromatic heterocycles. The zero-order valence-electron chi connectivity index (χ0n) is 19.1. The SMILES string of the molecule is O=C(c1cccc(S(=O)(=O)N2CCCOC2)c1)N1CC2(CCC3(CC3)CC2)c2cc(Br)ccc21. The van der Waals surface area contributed by atoms with Crippen molar-refractivity contribution < 1.29 is 17.9 Å².